The largest absolute Gasteiger partial charge is 0.357 e. The van der Waals surface area contributed by atoms with Gasteiger partial charge < -0.3 is 25.1 Å². The van der Waals surface area contributed by atoms with Crippen LogP contribution in [0.25, 0.3) is 10.8 Å². The number of hydrogen-bond donors (Lipinski definition) is 3. The van der Waals surface area contributed by atoms with E-state index in [1.165, 1.54) is 6.92 Å². The van der Waals surface area contributed by atoms with E-state index in [4.69, 9.17) is 4.98 Å². The van der Waals surface area contributed by atoms with Gasteiger partial charge in [-0.15, -0.1) is 0 Å². The Morgan fingerprint density at radius 3 is 2.54 bits per heavy atom. The van der Waals surface area contributed by atoms with Crippen molar-refractivity contribution in [2.45, 2.75) is 33.4 Å². The molecule has 0 aliphatic carbocycles. The van der Waals surface area contributed by atoms with Crippen LogP contribution >= 0.6 is 0 Å². The third-order valence-electron chi connectivity index (χ3n) is 7.33. The van der Waals surface area contributed by atoms with E-state index in [1.54, 1.807) is 23.2 Å². The number of nitrogens with zero attached hydrogens (tertiary/aromatic N) is 3. The summed E-state index contributed by atoms with van der Waals surface area (Å²) >= 11 is 0. The van der Waals surface area contributed by atoms with Crippen molar-refractivity contribution < 1.29 is 14.4 Å². The second kappa shape index (κ2) is 10.8. The van der Waals surface area contributed by atoms with Gasteiger partial charge in [0.1, 0.15) is 11.5 Å². The molecule has 41 heavy (non-hydrogen) atoms. The average Bonchev–Trinajstić information content (AvgIpc) is 3.61. The normalized spacial score (nSPS) is 12.7. The van der Waals surface area contributed by atoms with E-state index >= 15 is 0 Å². The van der Waals surface area contributed by atoms with Gasteiger partial charge in [-0.2, -0.15) is 0 Å². The van der Waals surface area contributed by atoms with Gasteiger partial charge in [-0.3, -0.25) is 14.4 Å². The number of hydrogen-bond acceptors (Lipinski definition) is 4. The number of imidazole rings is 1. The molecular formula is C32H30N6O3. The van der Waals surface area contributed by atoms with E-state index in [1.807, 2.05) is 61.5 Å². The van der Waals surface area contributed by atoms with Gasteiger partial charge in [0.25, 0.3) is 11.8 Å². The minimum atomic E-state index is -0.308. The minimum Gasteiger partial charge on any atom is -0.357 e. The Labute approximate surface area is 237 Å². The van der Waals surface area contributed by atoms with Crippen molar-refractivity contribution in [3.63, 3.8) is 0 Å². The van der Waals surface area contributed by atoms with Crippen LogP contribution < -0.4 is 10.6 Å². The molecule has 0 unspecified atom stereocenters. The van der Waals surface area contributed by atoms with Crippen LogP contribution in [0.2, 0.25) is 0 Å². The van der Waals surface area contributed by atoms with Crippen molar-refractivity contribution in [1.29, 1.82) is 0 Å². The molecule has 5 aromatic rings. The molecule has 9 heteroatoms. The fourth-order valence-electron chi connectivity index (χ4n) is 5.44. The fourth-order valence-corrected chi connectivity index (χ4v) is 5.44. The highest BCUT2D eigenvalue weighted by atomic mass is 16.2. The maximum absolute atomic E-state index is 13.6. The highest BCUT2D eigenvalue weighted by Gasteiger charge is 2.30. The second-order valence-electron chi connectivity index (χ2n) is 10.3. The van der Waals surface area contributed by atoms with E-state index in [-0.39, 0.29) is 24.3 Å². The molecule has 6 rings (SSSR count). The van der Waals surface area contributed by atoms with Crippen LogP contribution in [-0.2, 0) is 24.3 Å². The van der Waals surface area contributed by atoms with Gasteiger partial charge in [0.2, 0.25) is 5.91 Å². The summed E-state index contributed by atoms with van der Waals surface area (Å²) in [5.74, 6) is 0.222. The van der Waals surface area contributed by atoms with Gasteiger partial charge in [-0.25, -0.2) is 4.98 Å². The maximum Gasteiger partial charge on any atom is 0.276 e. The number of aromatic amines is 1. The molecule has 0 fully saturated rings. The van der Waals surface area contributed by atoms with Crippen LogP contribution in [0.1, 0.15) is 50.5 Å². The molecule has 0 spiro atoms. The third-order valence-corrected chi connectivity index (χ3v) is 7.33. The lowest BCUT2D eigenvalue weighted by Crippen LogP contribution is -2.39. The van der Waals surface area contributed by atoms with Crippen molar-refractivity contribution in [2.75, 3.05) is 17.2 Å². The lowest BCUT2D eigenvalue weighted by Gasteiger charge is -2.29. The minimum absolute atomic E-state index is 0.113. The van der Waals surface area contributed by atoms with Crippen molar-refractivity contribution in [3.05, 3.63) is 113 Å². The molecule has 0 radical (unpaired) electrons. The van der Waals surface area contributed by atoms with E-state index < -0.39 is 0 Å². The van der Waals surface area contributed by atoms with Crippen molar-refractivity contribution in [2.24, 2.45) is 0 Å². The number of H-pyrrole nitrogens is 1. The van der Waals surface area contributed by atoms with Crippen LogP contribution in [0.5, 0.6) is 0 Å². The molecule has 1 aliphatic heterocycles. The molecule has 1 aliphatic rings. The maximum atomic E-state index is 13.6. The summed E-state index contributed by atoms with van der Waals surface area (Å²) in [6, 6.07) is 23.1. The lowest BCUT2D eigenvalue weighted by molar-refractivity contribution is -0.114. The average molecular weight is 547 g/mol. The highest BCUT2D eigenvalue weighted by molar-refractivity contribution is 6.04. The summed E-state index contributed by atoms with van der Waals surface area (Å²) in [6.45, 7) is 4.76. The summed E-state index contributed by atoms with van der Waals surface area (Å²) in [7, 11) is 0. The zero-order valence-corrected chi connectivity index (χ0v) is 22.9. The molecular weight excluding hydrogens is 516 g/mol. The van der Waals surface area contributed by atoms with Crippen LogP contribution in [0, 0.1) is 6.92 Å². The van der Waals surface area contributed by atoms with Crippen LogP contribution in [-0.4, -0.2) is 43.7 Å². The predicted octanol–water partition coefficient (Wildman–Crippen LogP) is 5.13. The number of carbonyl (C=O) groups excluding carboxylic acids is 3. The van der Waals surface area contributed by atoms with E-state index in [0.717, 1.165) is 33.4 Å². The summed E-state index contributed by atoms with van der Waals surface area (Å²) in [4.78, 5) is 47.9. The smallest absolute Gasteiger partial charge is 0.276 e. The Kier molecular flexibility index (Phi) is 6.84. The zero-order chi connectivity index (χ0) is 28.5. The number of fused-ring (bicyclic) bond motifs is 2. The summed E-state index contributed by atoms with van der Waals surface area (Å²) in [6.07, 6.45) is 2.23. The van der Waals surface area contributed by atoms with Crippen LogP contribution in [0.3, 0.4) is 0 Å². The molecule has 3 aromatic carbocycles. The van der Waals surface area contributed by atoms with Gasteiger partial charge in [-0.05, 0) is 65.2 Å². The van der Waals surface area contributed by atoms with Gasteiger partial charge in [0, 0.05) is 44.0 Å². The Morgan fingerprint density at radius 2 is 1.76 bits per heavy atom. The number of aromatic nitrogens is 3. The molecule has 2 aromatic heterocycles. The molecule has 3 N–H and O–H groups in total. The number of aryl methyl sites for hydroxylation is 1. The van der Waals surface area contributed by atoms with Gasteiger partial charge in [0.15, 0.2) is 5.69 Å². The first-order valence-electron chi connectivity index (χ1n) is 13.5. The second-order valence-corrected chi connectivity index (χ2v) is 10.3. The quantitative estimate of drug-likeness (QED) is 0.274. The number of anilines is 2. The molecule has 3 heterocycles. The van der Waals surface area contributed by atoms with Gasteiger partial charge in [-0.1, -0.05) is 36.4 Å². The summed E-state index contributed by atoms with van der Waals surface area (Å²) in [5, 5.41) is 7.87. The molecule has 0 saturated heterocycles. The van der Waals surface area contributed by atoms with E-state index in [9.17, 15) is 14.4 Å². The predicted molar refractivity (Wildman–Crippen MR) is 158 cm³/mol. The highest BCUT2D eigenvalue weighted by Crippen LogP contribution is 2.28. The van der Waals surface area contributed by atoms with Crippen molar-refractivity contribution in [3.8, 4) is 0 Å². The lowest BCUT2D eigenvalue weighted by atomic mass is 10.0. The van der Waals surface area contributed by atoms with Crippen molar-refractivity contribution >= 4 is 39.9 Å². The number of benzene rings is 3. The first kappa shape index (κ1) is 26.1. The molecule has 3 amide bonds. The Balaban J connectivity index is 1.36. The first-order valence-corrected chi connectivity index (χ1v) is 13.5. The first-order chi connectivity index (χ1) is 19.9. The molecule has 0 atom stereocenters. The summed E-state index contributed by atoms with van der Waals surface area (Å²) in [5.41, 5.74) is 5.07. The van der Waals surface area contributed by atoms with E-state index in [2.05, 4.69) is 26.3 Å². The fraction of sp³-hybridized carbons (Fsp3) is 0.188. The number of nitrogens with one attached hydrogen (secondary N) is 3. The van der Waals surface area contributed by atoms with E-state index in [0.29, 0.717) is 42.3 Å². The SMILES string of the molecule is CC(=O)Nc1ccc2c(Cc3nc(C(=O)Nc4cccc(C)c4)c4n3CCN(C(=O)c3ccc[nH]3)C4)cccc2c1. The zero-order valence-electron chi connectivity index (χ0n) is 22.9. The molecule has 206 valence electrons. The van der Waals surface area contributed by atoms with Crippen LogP contribution in [0.15, 0.2) is 79.0 Å². The number of rotatable bonds is 6. The van der Waals surface area contributed by atoms with Crippen LogP contribution in [0.4, 0.5) is 11.4 Å². The Hall–Kier alpha value is -5.18. The van der Waals surface area contributed by atoms with Crippen molar-refractivity contribution in [1.82, 2.24) is 19.4 Å². The Bertz CT molecular complexity index is 1790. The molecule has 0 saturated carbocycles. The molecule has 9 nitrogen and oxygen atoms in total. The monoisotopic (exact) mass is 546 g/mol. The Morgan fingerprint density at radius 1 is 0.927 bits per heavy atom. The summed E-state index contributed by atoms with van der Waals surface area (Å²) < 4.78 is 2.08. The third kappa shape index (κ3) is 5.34. The van der Waals surface area contributed by atoms with Gasteiger partial charge in [0.05, 0.1) is 12.2 Å². The van der Waals surface area contributed by atoms with Gasteiger partial charge >= 0.3 is 0 Å². The number of amides is 3. The topological polar surface area (TPSA) is 112 Å². The standard InChI is InChI=1S/C32H30N6O3/c1-20-6-3-9-24(16-20)35-31(40)30-28-19-37(32(41)27-10-5-13-33-27)14-15-38(28)29(36-30)18-23-8-4-7-22-17-25(34-21(2)39)11-12-26(22)23/h3-13,16-17,33H,14-15,18-19H2,1-2H3,(H,34,39)(H,35,40). The molecule has 0 bridgehead atoms. The number of carbonyl (C=O) groups is 3.